The number of aryl methyl sites for hydroxylation is 1. The summed E-state index contributed by atoms with van der Waals surface area (Å²) in [5.74, 6) is 1.13. The Morgan fingerprint density at radius 3 is 2.46 bits per heavy atom. The van der Waals surface area contributed by atoms with Gasteiger partial charge in [0.15, 0.2) is 0 Å². The van der Waals surface area contributed by atoms with Gasteiger partial charge in [0.05, 0.1) is 20.3 Å². The molecule has 2 fully saturated rings. The van der Waals surface area contributed by atoms with E-state index in [2.05, 4.69) is 5.32 Å². The number of nitrogens with one attached hydrogen (secondary N) is 1. The molecule has 3 rings (SSSR count). The quantitative estimate of drug-likeness (QED) is 0.788. The number of hydrogen-bond acceptors (Lipinski definition) is 5. The van der Waals surface area contributed by atoms with E-state index < -0.39 is 0 Å². The van der Waals surface area contributed by atoms with Crippen molar-refractivity contribution in [1.29, 1.82) is 0 Å². The fourth-order valence-electron chi connectivity index (χ4n) is 3.71. The van der Waals surface area contributed by atoms with Crippen LogP contribution in [0.2, 0.25) is 0 Å². The Kier molecular flexibility index (Phi) is 7.68. The summed E-state index contributed by atoms with van der Waals surface area (Å²) in [7, 11) is 1.64. The van der Waals surface area contributed by atoms with Crippen LogP contribution in [-0.4, -0.2) is 80.7 Å². The highest BCUT2D eigenvalue weighted by Gasteiger charge is 2.24. The van der Waals surface area contributed by atoms with E-state index in [0.717, 1.165) is 37.2 Å². The lowest BCUT2D eigenvalue weighted by Gasteiger charge is -2.27. The van der Waals surface area contributed by atoms with Gasteiger partial charge in [0, 0.05) is 51.6 Å². The number of carbonyl (C=O) groups is 2. The summed E-state index contributed by atoms with van der Waals surface area (Å²) in [6.07, 6.45) is 2.50. The molecule has 28 heavy (non-hydrogen) atoms. The predicted octanol–water partition coefficient (Wildman–Crippen LogP) is 1.07. The zero-order valence-electron chi connectivity index (χ0n) is 16.7. The molecule has 0 saturated carbocycles. The monoisotopic (exact) mass is 389 g/mol. The maximum absolute atomic E-state index is 12.6. The summed E-state index contributed by atoms with van der Waals surface area (Å²) >= 11 is 0. The van der Waals surface area contributed by atoms with Crippen LogP contribution < -0.4 is 10.1 Å². The van der Waals surface area contributed by atoms with Crippen molar-refractivity contribution >= 4 is 11.8 Å². The van der Waals surface area contributed by atoms with Crippen molar-refractivity contribution < 1.29 is 19.1 Å². The number of rotatable bonds is 6. The fraction of sp³-hybridized carbons (Fsp3) is 0.619. The van der Waals surface area contributed by atoms with Gasteiger partial charge in [-0.25, -0.2) is 0 Å². The Labute approximate surface area is 167 Å². The third kappa shape index (κ3) is 5.94. The zero-order valence-corrected chi connectivity index (χ0v) is 16.7. The van der Waals surface area contributed by atoms with Gasteiger partial charge >= 0.3 is 0 Å². The molecule has 0 aromatic heterocycles. The number of nitrogens with zero attached hydrogens (tertiary/aromatic N) is 2. The lowest BCUT2D eigenvalue weighted by atomic mass is 10.1. The summed E-state index contributed by atoms with van der Waals surface area (Å²) in [4.78, 5) is 29.0. The normalized spacial score (nSPS) is 20.5. The van der Waals surface area contributed by atoms with Gasteiger partial charge < -0.3 is 24.6 Å². The second kappa shape index (κ2) is 10.4. The molecule has 2 aliphatic heterocycles. The number of carbonyl (C=O) groups excluding carboxylic acids is 2. The van der Waals surface area contributed by atoms with Crippen LogP contribution in [0.1, 0.15) is 24.8 Å². The van der Waals surface area contributed by atoms with Gasteiger partial charge in [-0.1, -0.05) is 12.1 Å². The standard InChI is InChI=1S/C21H31N3O4/c1-27-19-6-3-17(4-7-19)5-8-20(25)23-10-2-11-24(13-12-23)21(26)15-18-16-28-14-9-22-18/h3-4,6-7,18,22H,2,5,8-16H2,1H3. The molecule has 1 N–H and O–H groups in total. The first-order valence-corrected chi connectivity index (χ1v) is 10.2. The minimum Gasteiger partial charge on any atom is -0.497 e. The molecule has 7 heteroatoms. The van der Waals surface area contributed by atoms with Crippen molar-refractivity contribution in [2.45, 2.75) is 31.7 Å². The lowest BCUT2D eigenvalue weighted by molar-refractivity contribution is -0.134. The topological polar surface area (TPSA) is 71.1 Å². The zero-order chi connectivity index (χ0) is 19.8. The van der Waals surface area contributed by atoms with E-state index in [4.69, 9.17) is 9.47 Å². The first kappa shape index (κ1) is 20.6. The van der Waals surface area contributed by atoms with Gasteiger partial charge in [-0.05, 0) is 30.5 Å². The van der Waals surface area contributed by atoms with Crippen molar-refractivity contribution in [3.63, 3.8) is 0 Å². The van der Waals surface area contributed by atoms with E-state index >= 15 is 0 Å². The average molecular weight is 389 g/mol. The van der Waals surface area contributed by atoms with Crippen molar-refractivity contribution in [3.8, 4) is 5.75 Å². The van der Waals surface area contributed by atoms with E-state index in [1.54, 1.807) is 7.11 Å². The molecule has 1 unspecified atom stereocenters. The van der Waals surface area contributed by atoms with E-state index in [-0.39, 0.29) is 17.9 Å². The van der Waals surface area contributed by atoms with Crippen LogP contribution in [0, 0.1) is 0 Å². The molecule has 2 aliphatic rings. The first-order chi connectivity index (χ1) is 13.7. The number of amides is 2. The highest BCUT2D eigenvalue weighted by molar-refractivity contribution is 5.78. The van der Waals surface area contributed by atoms with Gasteiger partial charge in [-0.3, -0.25) is 9.59 Å². The van der Waals surface area contributed by atoms with Crippen LogP contribution in [0.5, 0.6) is 5.75 Å². The maximum atomic E-state index is 12.6. The molecule has 7 nitrogen and oxygen atoms in total. The Morgan fingerprint density at radius 1 is 1.11 bits per heavy atom. The molecule has 0 bridgehead atoms. The third-order valence-corrected chi connectivity index (χ3v) is 5.41. The summed E-state index contributed by atoms with van der Waals surface area (Å²) in [5, 5.41) is 3.33. The lowest BCUT2D eigenvalue weighted by Crippen LogP contribution is -2.45. The van der Waals surface area contributed by atoms with Crippen LogP contribution in [0.15, 0.2) is 24.3 Å². The molecule has 2 amide bonds. The SMILES string of the molecule is COc1ccc(CCC(=O)N2CCCN(C(=O)CC3COCCN3)CC2)cc1. The predicted molar refractivity (Wildman–Crippen MR) is 106 cm³/mol. The molecule has 0 radical (unpaired) electrons. The number of benzene rings is 1. The third-order valence-electron chi connectivity index (χ3n) is 5.41. The van der Waals surface area contributed by atoms with E-state index in [0.29, 0.717) is 45.7 Å². The highest BCUT2D eigenvalue weighted by atomic mass is 16.5. The molecule has 2 saturated heterocycles. The number of methoxy groups -OCH3 is 1. The number of morpholine rings is 1. The molecule has 1 aromatic carbocycles. The Bertz CT molecular complexity index is 644. The van der Waals surface area contributed by atoms with Gasteiger partial charge in [0.1, 0.15) is 5.75 Å². The average Bonchev–Trinajstić information content (AvgIpc) is 2.99. The van der Waals surface area contributed by atoms with Crippen LogP contribution in [0.25, 0.3) is 0 Å². The van der Waals surface area contributed by atoms with E-state index in [1.807, 2.05) is 34.1 Å². The minimum absolute atomic E-state index is 0.103. The minimum atomic E-state index is 0.103. The molecule has 1 atom stereocenters. The second-order valence-corrected chi connectivity index (χ2v) is 7.39. The summed E-state index contributed by atoms with van der Waals surface area (Å²) in [6, 6.07) is 7.94. The smallest absolute Gasteiger partial charge is 0.224 e. The Balaban J connectivity index is 1.43. The number of ether oxygens (including phenoxy) is 2. The molecule has 2 heterocycles. The summed E-state index contributed by atoms with van der Waals surface area (Å²) in [6.45, 7) is 4.76. The molecule has 0 spiro atoms. The van der Waals surface area contributed by atoms with Crippen molar-refractivity contribution in [2.24, 2.45) is 0 Å². The van der Waals surface area contributed by atoms with Crippen molar-refractivity contribution in [1.82, 2.24) is 15.1 Å². The molecular weight excluding hydrogens is 358 g/mol. The number of hydrogen-bond donors (Lipinski definition) is 1. The highest BCUT2D eigenvalue weighted by Crippen LogP contribution is 2.14. The van der Waals surface area contributed by atoms with Gasteiger partial charge in [-0.15, -0.1) is 0 Å². The van der Waals surface area contributed by atoms with Gasteiger partial charge in [0.25, 0.3) is 0 Å². The Morgan fingerprint density at radius 2 is 1.82 bits per heavy atom. The molecular formula is C21H31N3O4. The fourth-order valence-corrected chi connectivity index (χ4v) is 3.71. The second-order valence-electron chi connectivity index (χ2n) is 7.39. The van der Waals surface area contributed by atoms with E-state index in [9.17, 15) is 9.59 Å². The first-order valence-electron chi connectivity index (χ1n) is 10.2. The summed E-state index contributed by atoms with van der Waals surface area (Å²) < 4.78 is 10.6. The van der Waals surface area contributed by atoms with Crippen molar-refractivity contribution in [2.75, 3.05) is 53.0 Å². The van der Waals surface area contributed by atoms with E-state index in [1.165, 1.54) is 0 Å². The van der Waals surface area contributed by atoms with Crippen LogP contribution >= 0.6 is 0 Å². The van der Waals surface area contributed by atoms with Gasteiger partial charge in [0.2, 0.25) is 11.8 Å². The maximum Gasteiger partial charge on any atom is 0.224 e. The Hall–Kier alpha value is -2.12. The van der Waals surface area contributed by atoms with Crippen LogP contribution in [-0.2, 0) is 20.7 Å². The van der Waals surface area contributed by atoms with Crippen LogP contribution in [0.4, 0.5) is 0 Å². The van der Waals surface area contributed by atoms with Crippen molar-refractivity contribution in [3.05, 3.63) is 29.8 Å². The largest absolute Gasteiger partial charge is 0.497 e. The molecule has 154 valence electrons. The summed E-state index contributed by atoms with van der Waals surface area (Å²) in [5.41, 5.74) is 1.13. The molecule has 0 aliphatic carbocycles. The molecule has 1 aromatic rings. The van der Waals surface area contributed by atoms with Gasteiger partial charge in [-0.2, -0.15) is 0 Å². The van der Waals surface area contributed by atoms with Crippen LogP contribution in [0.3, 0.4) is 0 Å².